The van der Waals surface area contributed by atoms with Crippen molar-refractivity contribution in [1.29, 1.82) is 0 Å². The van der Waals surface area contributed by atoms with Gasteiger partial charge in [-0.15, -0.1) is 12.3 Å². The molecule has 0 bridgehead atoms. The number of rotatable bonds is 3. The van der Waals surface area contributed by atoms with Crippen LogP contribution in [0.5, 0.6) is 0 Å². The van der Waals surface area contributed by atoms with Crippen molar-refractivity contribution >= 4 is 17.0 Å². The Morgan fingerprint density at radius 1 is 1.41 bits per heavy atom. The number of terminal acetylenes is 1. The van der Waals surface area contributed by atoms with Gasteiger partial charge in [-0.25, -0.2) is 15.0 Å². The number of fused-ring (bicyclic) bond motifs is 1. The number of hydrogen-bond donors (Lipinski definition) is 4. The monoisotopic (exact) mass is 305 g/mol. The van der Waals surface area contributed by atoms with E-state index in [9.17, 15) is 15.3 Å². The molecule has 1 saturated heterocycles. The fraction of sp³-hybridized carbons (Fsp3) is 0.462. The summed E-state index contributed by atoms with van der Waals surface area (Å²) in [4.78, 5) is 12.0. The first-order chi connectivity index (χ1) is 10.5. The van der Waals surface area contributed by atoms with Crippen LogP contribution in [0.1, 0.15) is 6.42 Å². The zero-order valence-electron chi connectivity index (χ0n) is 11.5. The Kier molecular flexibility index (Phi) is 3.46. The van der Waals surface area contributed by atoms with Gasteiger partial charge in [-0.05, 0) is 0 Å². The summed E-state index contributed by atoms with van der Waals surface area (Å²) >= 11 is 0. The summed E-state index contributed by atoms with van der Waals surface area (Å²) in [7, 11) is 0. The van der Waals surface area contributed by atoms with Crippen molar-refractivity contribution in [2.75, 3.05) is 12.3 Å². The summed E-state index contributed by atoms with van der Waals surface area (Å²) in [6, 6.07) is 0. The zero-order chi connectivity index (χ0) is 15.9. The molecule has 0 unspecified atom stereocenters. The number of nitrogens with zero attached hydrogens (tertiary/aromatic N) is 4. The Bertz CT molecular complexity index is 742. The Hall–Kier alpha value is -2.25. The molecule has 3 rings (SSSR count). The van der Waals surface area contributed by atoms with Gasteiger partial charge < -0.3 is 25.8 Å². The van der Waals surface area contributed by atoms with Gasteiger partial charge in [0.05, 0.1) is 19.4 Å². The van der Waals surface area contributed by atoms with Crippen molar-refractivity contribution < 1.29 is 20.1 Å². The van der Waals surface area contributed by atoms with Crippen LogP contribution in [-0.4, -0.2) is 59.8 Å². The molecule has 9 heteroatoms. The molecular formula is C13H15N5O4. The Morgan fingerprint density at radius 2 is 2.18 bits per heavy atom. The minimum Gasteiger partial charge on any atom is -0.394 e. The second-order valence-corrected chi connectivity index (χ2v) is 5.05. The van der Waals surface area contributed by atoms with Crippen molar-refractivity contribution in [2.24, 2.45) is 0 Å². The van der Waals surface area contributed by atoms with Crippen LogP contribution in [0.25, 0.3) is 11.2 Å². The van der Waals surface area contributed by atoms with E-state index in [0.29, 0.717) is 11.2 Å². The minimum atomic E-state index is -1.49. The second kappa shape index (κ2) is 5.19. The molecule has 1 aliphatic rings. The lowest BCUT2D eigenvalue weighted by Gasteiger charge is -2.31. The Labute approximate surface area is 125 Å². The fourth-order valence-electron chi connectivity index (χ4n) is 2.72. The minimum absolute atomic E-state index is 0.0584. The van der Waals surface area contributed by atoms with E-state index in [2.05, 4.69) is 20.9 Å². The van der Waals surface area contributed by atoms with Crippen LogP contribution in [0, 0.1) is 12.3 Å². The third-order valence-electron chi connectivity index (χ3n) is 3.83. The molecule has 0 amide bonds. The normalized spacial score (nSPS) is 31.5. The molecule has 0 aliphatic carbocycles. The van der Waals surface area contributed by atoms with Gasteiger partial charge in [-0.1, -0.05) is 0 Å². The predicted octanol–water partition coefficient (Wildman–Crippen LogP) is -1.80. The third-order valence-corrected chi connectivity index (χ3v) is 3.83. The lowest BCUT2D eigenvalue weighted by molar-refractivity contribution is -0.142. The summed E-state index contributed by atoms with van der Waals surface area (Å²) < 4.78 is 7.11. The van der Waals surface area contributed by atoms with Crippen LogP contribution in [0.3, 0.4) is 0 Å². The highest BCUT2D eigenvalue weighted by atomic mass is 16.6. The van der Waals surface area contributed by atoms with Gasteiger partial charge in [-0.3, -0.25) is 4.57 Å². The van der Waals surface area contributed by atoms with E-state index in [4.69, 9.17) is 16.9 Å². The number of ether oxygens (including phenoxy) is 1. The van der Waals surface area contributed by atoms with Gasteiger partial charge in [0.2, 0.25) is 0 Å². The summed E-state index contributed by atoms with van der Waals surface area (Å²) in [5.74, 6) is 2.59. The molecule has 5 N–H and O–H groups in total. The zero-order valence-corrected chi connectivity index (χ0v) is 11.5. The average molecular weight is 305 g/mol. The van der Waals surface area contributed by atoms with Gasteiger partial charge in [0.15, 0.2) is 17.2 Å². The average Bonchev–Trinajstić information content (AvgIpc) is 3.04. The van der Waals surface area contributed by atoms with Crippen molar-refractivity contribution in [1.82, 2.24) is 19.5 Å². The summed E-state index contributed by atoms with van der Waals surface area (Å²) in [5, 5.41) is 29.8. The van der Waals surface area contributed by atoms with Crippen LogP contribution in [0.4, 0.5) is 5.82 Å². The van der Waals surface area contributed by atoms with Gasteiger partial charge in [-0.2, -0.15) is 0 Å². The number of nitrogens with two attached hydrogens (primary N) is 1. The van der Waals surface area contributed by atoms with E-state index in [-0.39, 0.29) is 12.2 Å². The SMILES string of the molecule is C#CC[C@@]1(n2cnc3c(N)ncnc32)O[C@H](CO)[C@@H](O)[C@H]1O. The molecule has 4 atom stereocenters. The van der Waals surface area contributed by atoms with Crippen LogP contribution >= 0.6 is 0 Å². The van der Waals surface area contributed by atoms with Crippen LogP contribution in [0.15, 0.2) is 12.7 Å². The summed E-state index contributed by atoms with van der Waals surface area (Å²) in [5.41, 5.74) is 4.89. The van der Waals surface area contributed by atoms with Crippen LogP contribution in [0.2, 0.25) is 0 Å². The van der Waals surface area contributed by atoms with Crippen LogP contribution in [-0.2, 0) is 10.5 Å². The Balaban J connectivity index is 2.19. The quantitative estimate of drug-likeness (QED) is 0.487. The molecule has 1 fully saturated rings. The predicted molar refractivity (Wildman–Crippen MR) is 75.1 cm³/mol. The van der Waals surface area contributed by atoms with E-state index >= 15 is 0 Å². The first-order valence-electron chi connectivity index (χ1n) is 6.57. The smallest absolute Gasteiger partial charge is 0.187 e. The molecule has 0 saturated carbocycles. The molecular weight excluding hydrogens is 290 g/mol. The molecule has 0 spiro atoms. The van der Waals surface area contributed by atoms with E-state index in [1.807, 2.05) is 0 Å². The molecule has 2 aromatic heterocycles. The maximum absolute atomic E-state index is 10.4. The van der Waals surface area contributed by atoms with Crippen molar-refractivity contribution in [3.8, 4) is 12.3 Å². The van der Waals surface area contributed by atoms with Crippen molar-refractivity contribution in [2.45, 2.75) is 30.5 Å². The van der Waals surface area contributed by atoms with Gasteiger partial charge in [0, 0.05) is 0 Å². The first-order valence-corrected chi connectivity index (χ1v) is 6.57. The summed E-state index contributed by atoms with van der Waals surface area (Å²) in [6.45, 7) is -0.464. The van der Waals surface area contributed by atoms with Gasteiger partial charge >= 0.3 is 0 Å². The number of imidazole rings is 1. The Morgan fingerprint density at radius 3 is 2.82 bits per heavy atom. The van der Waals surface area contributed by atoms with Crippen molar-refractivity contribution in [3.63, 3.8) is 0 Å². The molecule has 9 nitrogen and oxygen atoms in total. The van der Waals surface area contributed by atoms with Gasteiger partial charge in [0.25, 0.3) is 0 Å². The largest absolute Gasteiger partial charge is 0.394 e. The number of anilines is 1. The summed E-state index contributed by atoms with van der Waals surface area (Å²) in [6.07, 6.45) is 4.31. The van der Waals surface area contributed by atoms with E-state index < -0.39 is 30.6 Å². The van der Waals surface area contributed by atoms with E-state index in [1.165, 1.54) is 17.2 Å². The lowest BCUT2D eigenvalue weighted by Crippen LogP contribution is -2.45. The number of hydrogen-bond acceptors (Lipinski definition) is 8. The van der Waals surface area contributed by atoms with Crippen molar-refractivity contribution in [3.05, 3.63) is 12.7 Å². The molecule has 116 valence electrons. The number of aromatic nitrogens is 4. The standard InChI is InChI=1S/C13H15N5O4/c1-2-3-13(10(21)9(20)7(4-19)22-13)18-6-17-8-11(14)15-5-16-12(8)18/h1,5-7,9-10,19-21H,3-4H2,(H2,14,15,16)/t7-,9-,10-,13-/m1/s1. The van der Waals surface area contributed by atoms with Gasteiger partial charge in [0.1, 0.15) is 30.2 Å². The number of aliphatic hydroxyl groups is 3. The molecule has 0 radical (unpaired) electrons. The number of aliphatic hydroxyl groups excluding tert-OH is 3. The first kappa shape index (κ1) is 14.7. The maximum atomic E-state index is 10.4. The molecule has 0 aromatic carbocycles. The highest BCUT2D eigenvalue weighted by molar-refractivity contribution is 5.81. The highest BCUT2D eigenvalue weighted by Gasteiger charge is 2.55. The number of nitrogen functional groups attached to an aromatic ring is 1. The topological polar surface area (TPSA) is 140 Å². The fourth-order valence-corrected chi connectivity index (χ4v) is 2.72. The van der Waals surface area contributed by atoms with Crippen LogP contribution < -0.4 is 5.73 Å². The third kappa shape index (κ3) is 1.86. The second-order valence-electron chi connectivity index (χ2n) is 5.05. The maximum Gasteiger partial charge on any atom is 0.187 e. The van der Waals surface area contributed by atoms with E-state index in [1.54, 1.807) is 0 Å². The van der Waals surface area contributed by atoms with E-state index in [0.717, 1.165) is 0 Å². The lowest BCUT2D eigenvalue weighted by atomic mass is 9.99. The molecule has 22 heavy (non-hydrogen) atoms. The molecule has 2 aromatic rings. The molecule has 3 heterocycles. The molecule has 1 aliphatic heterocycles. The highest BCUT2D eigenvalue weighted by Crippen LogP contribution is 2.40.